The van der Waals surface area contributed by atoms with E-state index in [1.165, 1.54) is 5.56 Å². The van der Waals surface area contributed by atoms with Gasteiger partial charge in [0.2, 0.25) is 0 Å². The minimum atomic E-state index is -0.0441. The zero-order valence-corrected chi connectivity index (χ0v) is 12.0. The summed E-state index contributed by atoms with van der Waals surface area (Å²) in [6.45, 7) is 4.12. The van der Waals surface area contributed by atoms with Gasteiger partial charge in [-0.15, -0.1) is 0 Å². The van der Waals surface area contributed by atoms with E-state index < -0.39 is 0 Å². The predicted octanol–water partition coefficient (Wildman–Crippen LogP) is 3.53. The van der Waals surface area contributed by atoms with Crippen LogP contribution in [-0.2, 0) is 6.42 Å². The lowest BCUT2D eigenvalue weighted by atomic mass is 10.1. The van der Waals surface area contributed by atoms with Crippen molar-refractivity contribution in [3.8, 4) is 0 Å². The molecule has 1 atom stereocenters. The molecule has 0 fully saturated rings. The van der Waals surface area contributed by atoms with E-state index in [4.69, 9.17) is 0 Å². The van der Waals surface area contributed by atoms with Gasteiger partial charge in [-0.25, -0.2) is 0 Å². The number of carbonyl (C=O) groups is 1. The molecule has 1 aromatic carbocycles. The van der Waals surface area contributed by atoms with E-state index in [1.807, 2.05) is 43.3 Å². The van der Waals surface area contributed by atoms with Gasteiger partial charge in [-0.2, -0.15) is 0 Å². The largest absolute Gasteiger partial charge is 0.346 e. The van der Waals surface area contributed by atoms with Gasteiger partial charge in [0.15, 0.2) is 0 Å². The standard InChI is InChI=1S/C17H20N2O/c1-3-4-14-5-7-16(8-6-14)17(20)19-13(2)15-9-11-18-12-10-15/h5-13H,3-4H2,1-2H3,(H,19,20)/t13-/m1/s1. The van der Waals surface area contributed by atoms with Crippen molar-refractivity contribution in [2.24, 2.45) is 0 Å². The quantitative estimate of drug-likeness (QED) is 0.901. The summed E-state index contributed by atoms with van der Waals surface area (Å²) in [5, 5.41) is 3.00. The van der Waals surface area contributed by atoms with Crippen molar-refractivity contribution in [1.82, 2.24) is 10.3 Å². The molecule has 1 aromatic heterocycles. The number of nitrogens with zero attached hydrogens (tertiary/aromatic N) is 1. The van der Waals surface area contributed by atoms with Crippen LogP contribution >= 0.6 is 0 Å². The maximum atomic E-state index is 12.2. The summed E-state index contributed by atoms with van der Waals surface area (Å²) in [5.74, 6) is -0.0441. The molecule has 0 aliphatic rings. The van der Waals surface area contributed by atoms with Crippen molar-refractivity contribution in [3.05, 3.63) is 65.5 Å². The Morgan fingerprint density at radius 3 is 2.40 bits per heavy atom. The highest BCUT2D eigenvalue weighted by Gasteiger charge is 2.11. The van der Waals surface area contributed by atoms with Crippen LogP contribution in [0.3, 0.4) is 0 Å². The topological polar surface area (TPSA) is 42.0 Å². The van der Waals surface area contributed by atoms with Crippen LogP contribution in [0.5, 0.6) is 0 Å². The Morgan fingerprint density at radius 2 is 1.80 bits per heavy atom. The summed E-state index contributed by atoms with van der Waals surface area (Å²) in [4.78, 5) is 16.2. The lowest BCUT2D eigenvalue weighted by Gasteiger charge is -2.14. The maximum absolute atomic E-state index is 12.2. The number of carbonyl (C=O) groups excluding carboxylic acids is 1. The van der Waals surface area contributed by atoms with Crippen molar-refractivity contribution in [3.63, 3.8) is 0 Å². The third-order valence-corrected chi connectivity index (χ3v) is 3.31. The Kier molecular flexibility index (Phi) is 4.88. The smallest absolute Gasteiger partial charge is 0.251 e. The van der Waals surface area contributed by atoms with Crippen LogP contribution in [0.15, 0.2) is 48.8 Å². The Morgan fingerprint density at radius 1 is 1.15 bits per heavy atom. The average Bonchev–Trinajstić information content (AvgIpc) is 2.49. The van der Waals surface area contributed by atoms with Crippen LogP contribution in [0.4, 0.5) is 0 Å². The first-order chi connectivity index (χ1) is 9.70. The van der Waals surface area contributed by atoms with Crippen molar-refractivity contribution < 1.29 is 4.79 Å². The van der Waals surface area contributed by atoms with Crippen LogP contribution in [0.1, 0.15) is 47.8 Å². The number of benzene rings is 1. The minimum absolute atomic E-state index is 0.0270. The molecular formula is C17H20N2O. The van der Waals surface area contributed by atoms with Gasteiger partial charge in [0.25, 0.3) is 5.91 Å². The fraction of sp³-hybridized carbons (Fsp3) is 0.294. The lowest BCUT2D eigenvalue weighted by Crippen LogP contribution is -2.26. The van der Waals surface area contributed by atoms with E-state index in [0.717, 1.165) is 18.4 Å². The van der Waals surface area contributed by atoms with Gasteiger partial charge in [-0.1, -0.05) is 25.5 Å². The molecule has 3 nitrogen and oxygen atoms in total. The Bertz CT molecular complexity index is 549. The zero-order valence-electron chi connectivity index (χ0n) is 12.0. The second kappa shape index (κ2) is 6.85. The third kappa shape index (κ3) is 3.67. The van der Waals surface area contributed by atoms with Crippen LogP contribution in [0.25, 0.3) is 0 Å². The summed E-state index contributed by atoms with van der Waals surface area (Å²) >= 11 is 0. The first-order valence-corrected chi connectivity index (χ1v) is 7.00. The molecule has 0 unspecified atom stereocenters. The average molecular weight is 268 g/mol. The maximum Gasteiger partial charge on any atom is 0.251 e. The predicted molar refractivity (Wildman–Crippen MR) is 80.6 cm³/mol. The monoisotopic (exact) mass is 268 g/mol. The van der Waals surface area contributed by atoms with Crippen LogP contribution in [0, 0.1) is 0 Å². The summed E-state index contributed by atoms with van der Waals surface area (Å²) < 4.78 is 0. The van der Waals surface area contributed by atoms with E-state index in [-0.39, 0.29) is 11.9 Å². The van der Waals surface area contributed by atoms with Gasteiger partial charge in [-0.3, -0.25) is 9.78 Å². The molecule has 0 radical (unpaired) electrons. The molecule has 1 amide bonds. The molecule has 0 spiro atoms. The second-order valence-corrected chi connectivity index (χ2v) is 4.92. The normalized spacial score (nSPS) is 11.9. The molecule has 0 aliphatic heterocycles. The summed E-state index contributed by atoms with van der Waals surface area (Å²) in [7, 11) is 0. The molecule has 2 rings (SSSR count). The fourth-order valence-electron chi connectivity index (χ4n) is 2.13. The molecule has 0 saturated carbocycles. The van der Waals surface area contributed by atoms with Gasteiger partial charge >= 0.3 is 0 Å². The zero-order chi connectivity index (χ0) is 14.4. The van der Waals surface area contributed by atoms with Crippen LogP contribution < -0.4 is 5.32 Å². The van der Waals surface area contributed by atoms with E-state index in [9.17, 15) is 4.79 Å². The highest BCUT2D eigenvalue weighted by Crippen LogP contribution is 2.12. The summed E-state index contributed by atoms with van der Waals surface area (Å²) in [5.41, 5.74) is 3.02. The fourth-order valence-corrected chi connectivity index (χ4v) is 2.13. The second-order valence-electron chi connectivity index (χ2n) is 4.92. The van der Waals surface area contributed by atoms with Crippen molar-refractivity contribution in [1.29, 1.82) is 0 Å². The summed E-state index contributed by atoms with van der Waals surface area (Å²) in [6, 6.07) is 11.6. The van der Waals surface area contributed by atoms with Crippen LogP contribution in [-0.4, -0.2) is 10.9 Å². The number of hydrogen-bond donors (Lipinski definition) is 1. The lowest BCUT2D eigenvalue weighted by molar-refractivity contribution is 0.0940. The molecule has 20 heavy (non-hydrogen) atoms. The Balaban J connectivity index is 2.01. The van der Waals surface area contributed by atoms with Gasteiger partial charge in [-0.05, 0) is 48.7 Å². The number of aryl methyl sites for hydroxylation is 1. The van der Waals surface area contributed by atoms with E-state index in [0.29, 0.717) is 5.56 Å². The first kappa shape index (κ1) is 14.3. The molecule has 3 heteroatoms. The number of hydrogen-bond acceptors (Lipinski definition) is 2. The molecule has 2 aromatic rings. The van der Waals surface area contributed by atoms with Crippen molar-refractivity contribution >= 4 is 5.91 Å². The van der Waals surface area contributed by atoms with Gasteiger partial charge in [0.1, 0.15) is 0 Å². The van der Waals surface area contributed by atoms with E-state index >= 15 is 0 Å². The highest BCUT2D eigenvalue weighted by molar-refractivity contribution is 5.94. The van der Waals surface area contributed by atoms with Crippen LogP contribution in [0.2, 0.25) is 0 Å². The number of amides is 1. The number of pyridine rings is 1. The van der Waals surface area contributed by atoms with Gasteiger partial charge in [0, 0.05) is 18.0 Å². The Hall–Kier alpha value is -2.16. The van der Waals surface area contributed by atoms with Gasteiger partial charge in [0.05, 0.1) is 6.04 Å². The van der Waals surface area contributed by atoms with E-state index in [1.54, 1.807) is 12.4 Å². The van der Waals surface area contributed by atoms with Crippen molar-refractivity contribution in [2.45, 2.75) is 32.7 Å². The molecule has 1 N–H and O–H groups in total. The number of rotatable bonds is 5. The molecular weight excluding hydrogens is 248 g/mol. The molecule has 104 valence electrons. The molecule has 0 saturated heterocycles. The number of aromatic nitrogens is 1. The molecule has 0 bridgehead atoms. The SMILES string of the molecule is CCCc1ccc(C(=O)N[C@H](C)c2ccncc2)cc1. The third-order valence-electron chi connectivity index (χ3n) is 3.31. The van der Waals surface area contributed by atoms with E-state index in [2.05, 4.69) is 17.2 Å². The first-order valence-electron chi connectivity index (χ1n) is 7.00. The summed E-state index contributed by atoms with van der Waals surface area (Å²) in [6.07, 6.45) is 5.63. The molecule has 0 aliphatic carbocycles. The Labute approximate surface area is 120 Å². The molecule has 1 heterocycles. The minimum Gasteiger partial charge on any atom is -0.346 e. The van der Waals surface area contributed by atoms with Crippen molar-refractivity contribution in [2.75, 3.05) is 0 Å². The highest BCUT2D eigenvalue weighted by atomic mass is 16.1. The van der Waals surface area contributed by atoms with Gasteiger partial charge < -0.3 is 5.32 Å². The number of nitrogens with one attached hydrogen (secondary N) is 1.